The predicted octanol–water partition coefficient (Wildman–Crippen LogP) is 2.93. The number of non-ortho nitro benzene ring substituents is 1. The molecule has 1 unspecified atom stereocenters. The van der Waals surface area contributed by atoms with Gasteiger partial charge in [-0.2, -0.15) is 0 Å². The Hall–Kier alpha value is -3.66. The van der Waals surface area contributed by atoms with Gasteiger partial charge in [-0.15, -0.1) is 0 Å². The summed E-state index contributed by atoms with van der Waals surface area (Å²) in [4.78, 5) is 39.0. The monoisotopic (exact) mass is 456 g/mol. The molecular weight excluding hydrogens is 428 g/mol. The maximum Gasteiger partial charge on any atom is 0.337 e. The molecule has 1 fully saturated rings. The van der Waals surface area contributed by atoms with Crippen LogP contribution in [0.2, 0.25) is 0 Å². The van der Waals surface area contributed by atoms with E-state index in [9.17, 15) is 19.7 Å². The van der Waals surface area contributed by atoms with Crippen molar-refractivity contribution < 1.29 is 24.0 Å². The molecule has 2 aromatic rings. The third-order valence-electron chi connectivity index (χ3n) is 5.71. The van der Waals surface area contributed by atoms with Gasteiger partial charge in [-0.25, -0.2) is 4.79 Å². The Morgan fingerprint density at radius 3 is 2.48 bits per heavy atom. The third-order valence-corrected chi connectivity index (χ3v) is 5.71. The molecule has 1 saturated heterocycles. The van der Waals surface area contributed by atoms with Gasteiger partial charge in [0.25, 0.3) is 5.69 Å². The fourth-order valence-corrected chi connectivity index (χ4v) is 3.84. The minimum Gasteiger partial charge on any atom is -0.494 e. The Balaban J connectivity index is 1.51. The van der Waals surface area contributed by atoms with Crippen LogP contribution in [0.5, 0.6) is 5.75 Å². The number of esters is 1. The number of hydrogen-bond donors (Lipinski definition) is 1. The highest BCUT2D eigenvalue weighted by molar-refractivity contribution is 5.92. The van der Waals surface area contributed by atoms with Crippen LogP contribution in [0.1, 0.15) is 23.7 Å². The van der Waals surface area contributed by atoms with E-state index < -0.39 is 4.92 Å². The number of nitrogens with one attached hydrogen (secondary N) is 1. The normalized spacial score (nSPS) is 16.2. The summed E-state index contributed by atoms with van der Waals surface area (Å²) in [6, 6.07) is 11.7. The maximum absolute atomic E-state index is 12.5. The van der Waals surface area contributed by atoms with E-state index in [1.165, 1.54) is 32.4 Å². The van der Waals surface area contributed by atoms with Crippen LogP contribution >= 0.6 is 0 Å². The summed E-state index contributed by atoms with van der Waals surface area (Å²) in [5.74, 6) is -0.294. The zero-order valence-corrected chi connectivity index (χ0v) is 18.9. The molecule has 0 aliphatic carbocycles. The molecule has 1 amide bonds. The molecule has 176 valence electrons. The van der Waals surface area contributed by atoms with Crippen molar-refractivity contribution in [2.24, 2.45) is 0 Å². The lowest BCUT2D eigenvalue weighted by Gasteiger charge is -2.41. The fourth-order valence-electron chi connectivity index (χ4n) is 3.84. The van der Waals surface area contributed by atoms with Crippen LogP contribution in [-0.4, -0.2) is 68.1 Å². The van der Waals surface area contributed by atoms with Crippen molar-refractivity contribution in [1.82, 2.24) is 4.90 Å². The van der Waals surface area contributed by atoms with Crippen molar-refractivity contribution in [3.05, 3.63) is 58.1 Å². The number of nitro groups is 1. The second-order valence-corrected chi connectivity index (χ2v) is 7.81. The highest BCUT2D eigenvalue weighted by Gasteiger charge is 2.24. The van der Waals surface area contributed by atoms with E-state index in [1.54, 1.807) is 12.1 Å². The van der Waals surface area contributed by atoms with Gasteiger partial charge in [0.1, 0.15) is 5.75 Å². The zero-order chi connectivity index (χ0) is 24.0. The third kappa shape index (κ3) is 5.98. The number of anilines is 2. The van der Waals surface area contributed by atoms with E-state index in [2.05, 4.69) is 22.0 Å². The van der Waals surface area contributed by atoms with Gasteiger partial charge in [-0.1, -0.05) is 0 Å². The summed E-state index contributed by atoms with van der Waals surface area (Å²) in [6.07, 6.45) is 0.290. The van der Waals surface area contributed by atoms with Gasteiger partial charge in [-0.3, -0.25) is 19.8 Å². The van der Waals surface area contributed by atoms with E-state index in [1.807, 2.05) is 12.1 Å². The van der Waals surface area contributed by atoms with Gasteiger partial charge in [-0.05, 0) is 37.3 Å². The summed E-state index contributed by atoms with van der Waals surface area (Å²) >= 11 is 0. The number of rotatable bonds is 8. The molecule has 0 saturated carbocycles. The number of benzene rings is 2. The lowest BCUT2D eigenvalue weighted by Crippen LogP contribution is -2.52. The first-order valence-electron chi connectivity index (χ1n) is 10.6. The lowest BCUT2D eigenvalue weighted by atomic mass is 10.1. The summed E-state index contributed by atoms with van der Waals surface area (Å²) in [5, 5.41) is 13.7. The average Bonchev–Trinajstić information content (AvgIpc) is 2.82. The maximum atomic E-state index is 12.5. The second-order valence-electron chi connectivity index (χ2n) is 7.81. The van der Waals surface area contributed by atoms with Crippen LogP contribution in [0.15, 0.2) is 42.5 Å². The molecule has 0 bridgehead atoms. The minimum atomic E-state index is -0.511. The molecule has 0 aromatic heterocycles. The summed E-state index contributed by atoms with van der Waals surface area (Å²) < 4.78 is 9.91. The Kier molecular flexibility index (Phi) is 7.83. The number of methoxy groups -OCH3 is 2. The average molecular weight is 456 g/mol. The van der Waals surface area contributed by atoms with Crippen molar-refractivity contribution in [2.75, 3.05) is 50.6 Å². The SMILES string of the molecule is COC(=O)c1ccc(N2CCN(CCC(=O)Nc3ccc([N+](=O)[O-])cc3OC)C(C)C2)cc1. The topological polar surface area (TPSA) is 114 Å². The molecule has 10 heteroatoms. The van der Waals surface area contributed by atoms with Crippen LogP contribution in [0.4, 0.5) is 17.1 Å². The largest absolute Gasteiger partial charge is 0.494 e. The first kappa shape index (κ1) is 24.0. The molecule has 1 aliphatic heterocycles. The summed E-state index contributed by atoms with van der Waals surface area (Å²) in [5.41, 5.74) is 1.86. The summed E-state index contributed by atoms with van der Waals surface area (Å²) in [6.45, 7) is 5.12. The molecule has 1 N–H and O–H groups in total. The van der Waals surface area contributed by atoms with Crippen molar-refractivity contribution in [3.8, 4) is 5.75 Å². The number of carbonyl (C=O) groups excluding carboxylic acids is 2. The van der Waals surface area contributed by atoms with Gasteiger partial charge >= 0.3 is 5.97 Å². The number of hydrogen-bond acceptors (Lipinski definition) is 8. The number of carbonyl (C=O) groups is 2. The first-order chi connectivity index (χ1) is 15.8. The fraction of sp³-hybridized carbons (Fsp3) is 0.391. The summed E-state index contributed by atoms with van der Waals surface area (Å²) in [7, 11) is 2.76. The van der Waals surface area contributed by atoms with Crippen molar-refractivity contribution >= 4 is 28.9 Å². The van der Waals surface area contributed by atoms with E-state index in [-0.39, 0.29) is 35.8 Å². The molecule has 2 aromatic carbocycles. The molecule has 3 rings (SSSR count). The van der Waals surface area contributed by atoms with E-state index in [0.29, 0.717) is 17.8 Å². The van der Waals surface area contributed by atoms with Gasteiger partial charge in [0.15, 0.2) is 0 Å². The van der Waals surface area contributed by atoms with Gasteiger partial charge in [0.2, 0.25) is 5.91 Å². The van der Waals surface area contributed by atoms with E-state index in [0.717, 1.165) is 25.3 Å². The van der Waals surface area contributed by atoms with Crippen LogP contribution < -0.4 is 15.0 Å². The van der Waals surface area contributed by atoms with Crippen LogP contribution in [0, 0.1) is 10.1 Å². The van der Waals surface area contributed by atoms with Crippen LogP contribution in [0.25, 0.3) is 0 Å². The number of nitrogens with zero attached hydrogens (tertiary/aromatic N) is 3. The predicted molar refractivity (Wildman–Crippen MR) is 124 cm³/mol. The standard InChI is InChI=1S/C23H28N4O6/c1-16-15-26(18-6-4-17(5-7-18)23(29)33-3)13-12-25(16)11-10-22(28)24-20-9-8-19(27(30)31)14-21(20)32-2/h4-9,14,16H,10-13,15H2,1-3H3,(H,24,28). The Morgan fingerprint density at radius 1 is 1.15 bits per heavy atom. The highest BCUT2D eigenvalue weighted by Crippen LogP contribution is 2.29. The quantitative estimate of drug-likeness (QED) is 0.366. The molecule has 33 heavy (non-hydrogen) atoms. The van der Waals surface area contributed by atoms with Gasteiger partial charge in [0.05, 0.1) is 36.5 Å². The molecule has 10 nitrogen and oxygen atoms in total. The number of amides is 1. The molecular formula is C23H28N4O6. The van der Waals surface area contributed by atoms with Crippen molar-refractivity contribution in [1.29, 1.82) is 0 Å². The highest BCUT2D eigenvalue weighted by atomic mass is 16.6. The molecule has 1 atom stereocenters. The van der Waals surface area contributed by atoms with Crippen molar-refractivity contribution in [3.63, 3.8) is 0 Å². The number of piperazine rings is 1. The smallest absolute Gasteiger partial charge is 0.337 e. The lowest BCUT2D eigenvalue weighted by molar-refractivity contribution is -0.384. The second kappa shape index (κ2) is 10.8. The number of ether oxygens (including phenoxy) is 2. The Labute approximate surface area is 192 Å². The molecule has 0 radical (unpaired) electrons. The van der Waals surface area contributed by atoms with E-state index in [4.69, 9.17) is 9.47 Å². The number of nitro benzene ring substituents is 1. The molecule has 1 aliphatic rings. The zero-order valence-electron chi connectivity index (χ0n) is 18.9. The molecule has 0 spiro atoms. The van der Waals surface area contributed by atoms with Crippen LogP contribution in [0.3, 0.4) is 0 Å². The Bertz CT molecular complexity index is 1010. The van der Waals surface area contributed by atoms with Gasteiger partial charge in [0, 0.05) is 50.4 Å². The van der Waals surface area contributed by atoms with Crippen molar-refractivity contribution in [2.45, 2.75) is 19.4 Å². The molecule has 1 heterocycles. The van der Waals surface area contributed by atoms with Crippen LogP contribution in [-0.2, 0) is 9.53 Å². The Morgan fingerprint density at radius 2 is 1.88 bits per heavy atom. The van der Waals surface area contributed by atoms with E-state index >= 15 is 0 Å². The first-order valence-corrected chi connectivity index (χ1v) is 10.6. The minimum absolute atomic E-state index is 0.100. The van der Waals surface area contributed by atoms with Gasteiger partial charge < -0.3 is 19.7 Å².